The maximum absolute atomic E-state index is 14.1. The molecular formula is C34H47N5O6. The Bertz CT molecular complexity index is 1300. The lowest BCUT2D eigenvalue weighted by atomic mass is 9.99. The molecule has 2 aliphatic rings. The van der Waals surface area contributed by atoms with Crippen molar-refractivity contribution in [3.8, 4) is 0 Å². The number of hydrogen-bond acceptors (Lipinski definition) is 7. The van der Waals surface area contributed by atoms with E-state index >= 15 is 0 Å². The number of ether oxygens (including phenoxy) is 2. The van der Waals surface area contributed by atoms with Gasteiger partial charge in [-0.05, 0) is 44.2 Å². The molecule has 0 spiro atoms. The van der Waals surface area contributed by atoms with Crippen LogP contribution in [0.3, 0.4) is 0 Å². The summed E-state index contributed by atoms with van der Waals surface area (Å²) in [6.45, 7) is 11.0. The Morgan fingerprint density at radius 3 is 2.09 bits per heavy atom. The topological polar surface area (TPSA) is 138 Å². The van der Waals surface area contributed by atoms with Crippen molar-refractivity contribution in [1.82, 2.24) is 26.2 Å². The number of rotatable bonds is 14. The molecule has 244 valence electrons. The van der Waals surface area contributed by atoms with Crippen LogP contribution in [0.2, 0.25) is 0 Å². The van der Waals surface area contributed by atoms with E-state index in [1.54, 1.807) is 0 Å². The number of carbonyl (C=O) groups is 4. The van der Waals surface area contributed by atoms with Crippen molar-refractivity contribution in [2.24, 2.45) is 5.92 Å². The Hall–Kier alpha value is -3.80. The van der Waals surface area contributed by atoms with Crippen molar-refractivity contribution in [3.05, 3.63) is 71.3 Å². The second kappa shape index (κ2) is 16.0. The van der Waals surface area contributed by atoms with E-state index < -0.39 is 42.5 Å². The Morgan fingerprint density at radius 2 is 1.47 bits per heavy atom. The number of fused-ring (bicyclic) bond motifs is 2. The van der Waals surface area contributed by atoms with Gasteiger partial charge in [0.25, 0.3) is 5.91 Å². The van der Waals surface area contributed by atoms with Crippen LogP contribution in [0.5, 0.6) is 0 Å². The van der Waals surface area contributed by atoms with Crippen molar-refractivity contribution in [1.29, 1.82) is 0 Å². The zero-order chi connectivity index (χ0) is 32.5. The quantitative estimate of drug-likeness (QED) is 0.253. The smallest absolute Gasteiger partial charge is 0.252 e. The third kappa shape index (κ3) is 9.12. The van der Waals surface area contributed by atoms with Gasteiger partial charge in [-0.1, -0.05) is 74.0 Å². The van der Waals surface area contributed by atoms with Crippen LogP contribution in [0.1, 0.15) is 56.8 Å². The van der Waals surface area contributed by atoms with Gasteiger partial charge in [-0.2, -0.15) is 0 Å². The summed E-state index contributed by atoms with van der Waals surface area (Å²) in [7, 11) is 0. The number of amides is 4. The van der Waals surface area contributed by atoms with Gasteiger partial charge in [-0.15, -0.1) is 0 Å². The largest absolute Gasteiger partial charge is 0.355 e. The zero-order valence-corrected chi connectivity index (χ0v) is 26.9. The van der Waals surface area contributed by atoms with Gasteiger partial charge in [0.05, 0.1) is 6.54 Å². The Balaban J connectivity index is 1.54. The van der Waals surface area contributed by atoms with E-state index in [0.29, 0.717) is 25.9 Å². The SMILES string of the molecule is CCNC(=O)C(CC(C)C)NC(=O)C1OC2CN(C(C(=O)NC(Cc3ccccc3)C(=O)NCC)c3ccc(C)cc3)CC1O2. The predicted octanol–water partition coefficient (Wildman–Crippen LogP) is 1.99. The molecule has 4 rings (SSSR count). The fourth-order valence-corrected chi connectivity index (χ4v) is 5.85. The summed E-state index contributed by atoms with van der Waals surface area (Å²) >= 11 is 0. The number of aryl methyl sites for hydroxylation is 1. The van der Waals surface area contributed by atoms with E-state index in [1.165, 1.54) is 0 Å². The molecule has 6 unspecified atom stereocenters. The predicted molar refractivity (Wildman–Crippen MR) is 170 cm³/mol. The molecule has 2 fully saturated rings. The Morgan fingerprint density at radius 1 is 0.822 bits per heavy atom. The normalized spacial score (nSPS) is 21.4. The summed E-state index contributed by atoms with van der Waals surface area (Å²) < 4.78 is 12.1. The maximum atomic E-state index is 14.1. The van der Waals surface area contributed by atoms with Crippen LogP contribution < -0.4 is 21.3 Å². The van der Waals surface area contributed by atoms with E-state index in [4.69, 9.17) is 9.47 Å². The maximum Gasteiger partial charge on any atom is 0.252 e. The molecule has 2 aromatic rings. The highest BCUT2D eigenvalue weighted by atomic mass is 16.7. The van der Waals surface area contributed by atoms with Crippen molar-refractivity contribution >= 4 is 23.6 Å². The van der Waals surface area contributed by atoms with Crippen LogP contribution in [0.15, 0.2) is 54.6 Å². The average Bonchev–Trinajstić information content (AvgIpc) is 3.31. The first-order valence-electron chi connectivity index (χ1n) is 15.9. The number of likely N-dealkylation sites (N-methyl/N-ethyl adjacent to an activating group) is 2. The van der Waals surface area contributed by atoms with Gasteiger partial charge in [0.15, 0.2) is 12.4 Å². The second-order valence-electron chi connectivity index (χ2n) is 12.2. The number of carbonyl (C=O) groups excluding carboxylic acids is 4. The Labute approximate surface area is 265 Å². The second-order valence-corrected chi connectivity index (χ2v) is 12.2. The van der Waals surface area contributed by atoms with Crippen molar-refractivity contribution in [2.45, 2.75) is 84.1 Å². The highest BCUT2D eigenvalue weighted by Crippen LogP contribution is 2.32. The third-order valence-electron chi connectivity index (χ3n) is 7.98. The first kappa shape index (κ1) is 34.1. The summed E-state index contributed by atoms with van der Waals surface area (Å²) in [6, 6.07) is 15.0. The molecule has 2 bridgehead atoms. The van der Waals surface area contributed by atoms with Gasteiger partial charge in [-0.25, -0.2) is 0 Å². The zero-order valence-electron chi connectivity index (χ0n) is 26.9. The lowest BCUT2D eigenvalue weighted by Crippen LogP contribution is -2.55. The summed E-state index contributed by atoms with van der Waals surface area (Å²) in [6.07, 6.45) is -1.51. The van der Waals surface area contributed by atoms with Gasteiger partial charge in [0.2, 0.25) is 17.7 Å². The monoisotopic (exact) mass is 621 g/mol. The van der Waals surface area contributed by atoms with Crippen LogP contribution in [0.4, 0.5) is 0 Å². The lowest BCUT2D eigenvalue weighted by molar-refractivity contribution is -0.144. The van der Waals surface area contributed by atoms with Crippen LogP contribution in [0.25, 0.3) is 0 Å². The van der Waals surface area contributed by atoms with Crippen molar-refractivity contribution < 1.29 is 28.7 Å². The van der Waals surface area contributed by atoms with Gasteiger partial charge in [-0.3, -0.25) is 24.1 Å². The van der Waals surface area contributed by atoms with E-state index in [2.05, 4.69) is 21.3 Å². The molecule has 0 radical (unpaired) electrons. The van der Waals surface area contributed by atoms with E-state index in [-0.39, 0.29) is 36.7 Å². The van der Waals surface area contributed by atoms with Gasteiger partial charge >= 0.3 is 0 Å². The molecule has 2 saturated heterocycles. The molecule has 2 aromatic carbocycles. The van der Waals surface area contributed by atoms with Gasteiger partial charge < -0.3 is 30.7 Å². The number of hydrogen-bond donors (Lipinski definition) is 4. The molecule has 0 aromatic heterocycles. The molecule has 0 aliphatic carbocycles. The summed E-state index contributed by atoms with van der Waals surface area (Å²) in [4.78, 5) is 55.3. The van der Waals surface area contributed by atoms with Crippen LogP contribution in [-0.4, -0.2) is 85.3 Å². The third-order valence-corrected chi connectivity index (χ3v) is 7.98. The highest BCUT2D eigenvalue weighted by Gasteiger charge is 2.49. The molecule has 11 nitrogen and oxygen atoms in total. The minimum Gasteiger partial charge on any atom is -0.355 e. The summed E-state index contributed by atoms with van der Waals surface area (Å²) in [5.41, 5.74) is 2.73. The molecule has 2 aliphatic heterocycles. The molecule has 6 atom stereocenters. The van der Waals surface area contributed by atoms with Crippen molar-refractivity contribution in [3.63, 3.8) is 0 Å². The minimum atomic E-state index is -0.938. The molecule has 4 amide bonds. The van der Waals surface area contributed by atoms with Gasteiger partial charge in [0, 0.05) is 26.1 Å². The standard InChI is InChI=1S/C34H47N5O6/c1-6-35-31(40)25(17-21(3)4)38-34(43)30-27-19-39(20-28(44-27)45-30)29(24-15-13-22(5)14-16-24)33(42)37-26(32(41)36-7-2)18-23-11-9-8-10-12-23/h8-16,21,25-30H,6-7,17-20H2,1-5H3,(H,35,40)(H,36,41)(H,37,42)(H,38,43). The Kier molecular flexibility index (Phi) is 12.1. The summed E-state index contributed by atoms with van der Waals surface area (Å²) in [5, 5.41) is 11.5. The molecule has 4 N–H and O–H groups in total. The van der Waals surface area contributed by atoms with E-state index in [9.17, 15) is 19.2 Å². The molecule has 45 heavy (non-hydrogen) atoms. The van der Waals surface area contributed by atoms with E-state index in [1.807, 2.05) is 94.1 Å². The van der Waals surface area contributed by atoms with Gasteiger partial charge in [0.1, 0.15) is 24.2 Å². The van der Waals surface area contributed by atoms with Crippen LogP contribution in [0, 0.1) is 12.8 Å². The molecule has 0 saturated carbocycles. The highest BCUT2D eigenvalue weighted by molar-refractivity contribution is 5.91. The number of morpholine rings is 1. The average molecular weight is 622 g/mol. The summed E-state index contributed by atoms with van der Waals surface area (Å²) in [5.74, 6) is -1.07. The van der Waals surface area contributed by atoms with E-state index in [0.717, 1.165) is 16.7 Å². The molecular weight excluding hydrogens is 574 g/mol. The first-order chi connectivity index (χ1) is 21.6. The number of benzene rings is 2. The number of nitrogens with one attached hydrogen (secondary N) is 4. The minimum absolute atomic E-state index is 0.187. The first-order valence-corrected chi connectivity index (χ1v) is 15.9. The fourth-order valence-electron chi connectivity index (χ4n) is 5.85. The molecule has 2 heterocycles. The molecule has 11 heteroatoms. The lowest BCUT2D eigenvalue weighted by Gasteiger charge is -2.37. The van der Waals surface area contributed by atoms with Crippen LogP contribution in [-0.2, 0) is 35.1 Å². The van der Waals surface area contributed by atoms with Crippen molar-refractivity contribution in [2.75, 3.05) is 26.2 Å². The number of nitrogens with zero attached hydrogens (tertiary/aromatic N) is 1. The van der Waals surface area contributed by atoms with Crippen LogP contribution >= 0.6 is 0 Å². The fraction of sp³-hybridized carbons (Fsp3) is 0.529.